The molecule has 0 radical (unpaired) electrons. The molecular weight excluding hydrogens is 206 g/mol. The van der Waals surface area contributed by atoms with Gasteiger partial charge in [0, 0.05) is 19.1 Å². The Bertz CT molecular complexity index is 257. The molecule has 4 heteroatoms. The second-order valence-electron chi connectivity index (χ2n) is 5.06. The first-order valence-corrected chi connectivity index (χ1v) is 6.26. The topological polar surface area (TPSA) is 58.6 Å². The smallest absolute Gasteiger partial charge is 0.249 e. The van der Waals surface area contributed by atoms with E-state index in [2.05, 4.69) is 5.32 Å². The van der Waals surface area contributed by atoms with Gasteiger partial charge in [0.25, 0.3) is 0 Å². The number of carbonyl (C=O) groups is 1. The first kappa shape index (κ1) is 11.9. The third kappa shape index (κ3) is 2.55. The summed E-state index contributed by atoms with van der Waals surface area (Å²) in [6.07, 6.45) is 3.41. The lowest BCUT2D eigenvalue weighted by atomic mass is 10.0. The summed E-state index contributed by atoms with van der Waals surface area (Å²) in [7, 11) is 0. The van der Waals surface area contributed by atoms with Gasteiger partial charge in [-0.25, -0.2) is 0 Å². The van der Waals surface area contributed by atoms with Gasteiger partial charge in [0.2, 0.25) is 5.91 Å². The second-order valence-corrected chi connectivity index (χ2v) is 5.06. The lowest BCUT2D eigenvalue weighted by Gasteiger charge is -2.18. The predicted octanol–water partition coefficient (Wildman–Crippen LogP) is 0.689. The number of hydrogen-bond acceptors (Lipinski definition) is 3. The maximum Gasteiger partial charge on any atom is 0.249 e. The normalized spacial score (nSPS) is 38.9. The van der Waals surface area contributed by atoms with Gasteiger partial charge in [-0.05, 0) is 25.2 Å². The molecule has 4 nitrogen and oxygen atoms in total. The van der Waals surface area contributed by atoms with Crippen molar-refractivity contribution in [1.82, 2.24) is 5.32 Å². The molecule has 92 valence electrons. The Morgan fingerprint density at radius 1 is 1.44 bits per heavy atom. The molecule has 0 spiro atoms. The van der Waals surface area contributed by atoms with E-state index >= 15 is 0 Å². The van der Waals surface area contributed by atoms with Crippen molar-refractivity contribution in [3.05, 3.63) is 0 Å². The summed E-state index contributed by atoms with van der Waals surface area (Å²) < 4.78 is 5.39. The number of carbonyl (C=O) groups excluding carboxylic acids is 1. The van der Waals surface area contributed by atoms with Crippen LogP contribution in [0.1, 0.15) is 32.6 Å². The molecule has 4 atom stereocenters. The van der Waals surface area contributed by atoms with Crippen LogP contribution in [-0.4, -0.2) is 36.4 Å². The highest BCUT2D eigenvalue weighted by molar-refractivity contribution is 5.81. The van der Waals surface area contributed by atoms with E-state index in [1.165, 1.54) is 0 Å². The molecule has 1 heterocycles. The molecule has 0 aromatic heterocycles. The van der Waals surface area contributed by atoms with E-state index < -0.39 is 0 Å². The molecule has 1 aliphatic heterocycles. The van der Waals surface area contributed by atoms with Crippen LogP contribution in [0.5, 0.6) is 0 Å². The number of nitrogens with one attached hydrogen (secondary N) is 1. The molecule has 0 aromatic rings. The fraction of sp³-hybridized carbons (Fsp3) is 0.917. The van der Waals surface area contributed by atoms with E-state index in [4.69, 9.17) is 4.74 Å². The Balaban J connectivity index is 1.75. The molecule has 2 aliphatic rings. The Hall–Kier alpha value is -0.610. The summed E-state index contributed by atoms with van der Waals surface area (Å²) in [5, 5.41) is 12.5. The minimum Gasteiger partial charge on any atom is -0.393 e. The summed E-state index contributed by atoms with van der Waals surface area (Å²) in [6.45, 7) is 3.32. The maximum atomic E-state index is 11.8. The summed E-state index contributed by atoms with van der Waals surface area (Å²) in [5.74, 6) is 0.540. The molecule has 2 N–H and O–H groups in total. The lowest BCUT2D eigenvalue weighted by molar-refractivity contribution is -0.131. The molecule has 0 aromatic carbocycles. The van der Waals surface area contributed by atoms with E-state index in [0.29, 0.717) is 19.1 Å². The second kappa shape index (κ2) is 5.15. The fourth-order valence-corrected chi connectivity index (χ4v) is 2.62. The number of ether oxygens (including phenoxy) is 1. The van der Waals surface area contributed by atoms with Crippen LogP contribution in [-0.2, 0) is 9.53 Å². The molecule has 16 heavy (non-hydrogen) atoms. The highest BCUT2D eigenvalue weighted by Gasteiger charge is 2.32. The molecule has 1 aliphatic carbocycles. The van der Waals surface area contributed by atoms with Crippen LogP contribution >= 0.6 is 0 Å². The fourth-order valence-electron chi connectivity index (χ4n) is 2.62. The first-order chi connectivity index (χ1) is 7.68. The van der Waals surface area contributed by atoms with Crippen LogP contribution in [0.3, 0.4) is 0 Å². The van der Waals surface area contributed by atoms with Gasteiger partial charge < -0.3 is 15.2 Å². The zero-order chi connectivity index (χ0) is 11.5. The van der Waals surface area contributed by atoms with Crippen LogP contribution in [0.15, 0.2) is 0 Å². The summed E-state index contributed by atoms with van der Waals surface area (Å²) >= 11 is 0. The van der Waals surface area contributed by atoms with Gasteiger partial charge in [-0.3, -0.25) is 4.79 Å². The largest absolute Gasteiger partial charge is 0.393 e. The molecule has 1 saturated carbocycles. The van der Waals surface area contributed by atoms with Gasteiger partial charge in [0.15, 0.2) is 0 Å². The molecule has 2 fully saturated rings. The zero-order valence-electron chi connectivity index (χ0n) is 9.82. The van der Waals surface area contributed by atoms with Crippen molar-refractivity contribution in [2.24, 2.45) is 11.8 Å². The lowest BCUT2D eigenvalue weighted by Crippen LogP contribution is -2.40. The van der Waals surface area contributed by atoms with Crippen molar-refractivity contribution in [3.8, 4) is 0 Å². The Morgan fingerprint density at radius 2 is 2.25 bits per heavy atom. The SMILES string of the molecule is CC1CCOC1C(=O)NCC1CCCC1O. The van der Waals surface area contributed by atoms with E-state index in [0.717, 1.165) is 25.7 Å². The van der Waals surface area contributed by atoms with Crippen molar-refractivity contribution in [3.63, 3.8) is 0 Å². The van der Waals surface area contributed by atoms with Gasteiger partial charge in [-0.2, -0.15) is 0 Å². The Kier molecular flexibility index (Phi) is 3.82. The standard InChI is InChI=1S/C12H21NO3/c1-8-5-6-16-11(8)12(15)13-7-9-3-2-4-10(9)14/h8-11,14H,2-7H2,1H3,(H,13,15). The third-order valence-electron chi connectivity index (χ3n) is 3.80. The van der Waals surface area contributed by atoms with Gasteiger partial charge in [-0.15, -0.1) is 0 Å². The molecule has 1 saturated heterocycles. The number of aliphatic hydroxyl groups excluding tert-OH is 1. The molecule has 2 rings (SSSR count). The zero-order valence-corrected chi connectivity index (χ0v) is 9.82. The average molecular weight is 227 g/mol. The van der Waals surface area contributed by atoms with E-state index in [1.54, 1.807) is 0 Å². The summed E-state index contributed by atoms with van der Waals surface area (Å²) in [6, 6.07) is 0. The minimum absolute atomic E-state index is 0.0101. The van der Waals surface area contributed by atoms with E-state index in [9.17, 15) is 9.90 Å². The van der Waals surface area contributed by atoms with E-state index in [-0.39, 0.29) is 24.0 Å². The average Bonchev–Trinajstić information content (AvgIpc) is 2.84. The quantitative estimate of drug-likeness (QED) is 0.745. The van der Waals surface area contributed by atoms with Crippen LogP contribution in [0.4, 0.5) is 0 Å². The van der Waals surface area contributed by atoms with Crippen LogP contribution in [0, 0.1) is 11.8 Å². The highest BCUT2D eigenvalue weighted by Crippen LogP contribution is 2.25. The Morgan fingerprint density at radius 3 is 2.81 bits per heavy atom. The van der Waals surface area contributed by atoms with Gasteiger partial charge in [-0.1, -0.05) is 13.3 Å². The molecule has 4 unspecified atom stereocenters. The van der Waals surface area contributed by atoms with Crippen molar-refractivity contribution in [2.75, 3.05) is 13.2 Å². The highest BCUT2D eigenvalue weighted by atomic mass is 16.5. The molecule has 1 amide bonds. The number of rotatable bonds is 3. The monoisotopic (exact) mass is 227 g/mol. The van der Waals surface area contributed by atoms with Gasteiger partial charge in [0.1, 0.15) is 6.10 Å². The number of amides is 1. The van der Waals surface area contributed by atoms with Crippen LogP contribution in [0.25, 0.3) is 0 Å². The summed E-state index contributed by atoms with van der Waals surface area (Å²) in [5.41, 5.74) is 0. The van der Waals surface area contributed by atoms with Crippen molar-refractivity contribution >= 4 is 5.91 Å². The van der Waals surface area contributed by atoms with Gasteiger partial charge in [0.05, 0.1) is 6.10 Å². The number of hydrogen-bond donors (Lipinski definition) is 2. The number of aliphatic hydroxyl groups is 1. The van der Waals surface area contributed by atoms with Crippen LogP contribution < -0.4 is 5.32 Å². The third-order valence-corrected chi connectivity index (χ3v) is 3.80. The van der Waals surface area contributed by atoms with E-state index in [1.807, 2.05) is 6.92 Å². The van der Waals surface area contributed by atoms with Crippen molar-refractivity contribution < 1.29 is 14.6 Å². The predicted molar refractivity (Wildman–Crippen MR) is 59.9 cm³/mol. The molecular formula is C12H21NO3. The van der Waals surface area contributed by atoms with Crippen molar-refractivity contribution in [2.45, 2.75) is 44.8 Å². The Labute approximate surface area is 96.4 Å². The summed E-state index contributed by atoms with van der Waals surface area (Å²) in [4.78, 5) is 11.8. The van der Waals surface area contributed by atoms with Crippen molar-refractivity contribution in [1.29, 1.82) is 0 Å². The minimum atomic E-state index is -0.279. The van der Waals surface area contributed by atoms with Gasteiger partial charge >= 0.3 is 0 Å². The molecule has 0 bridgehead atoms. The first-order valence-electron chi connectivity index (χ1n) is 6.26. The maximum absolute atomic E-state index is 11.8. The van der Waals surface area contributed by atoms with Crippen LogP contribution in [0.2, 0.25) is 0 Å².